The fraction of sp³-hybridized carbons (Fsp3) is 0.200. The summed E-state index contributed by atoms with van der Waals surface area (Å²) in [6, 6.07) is 7.72. The van der Waals surface area contributed by atoms with Crippen molar-refractivity contribution in [1.29, 1.82) is 0 Å². The third-order valence-electron chi connectivity index (χ3n) is 3.26. The number of benzene rings is 1. The fourth-order valence-corrected chi connectivity index (χ4v) is 5.02. The summed E-state index contributed by atoms with van der Waals surface area (Å²) in [5, 5.41) is 2.70. The topological polar surface area (TPSA) is 81.4 Å². The van der Waals surface area contributed by atoms with Crippen LogP contribution < -0.4 is 11.1 Å². The molecule has 1 aromatic heterocycles. The predicted molar refractivity (Wildman–Crippen MR) is 94.9 cm³/mol. The monoisotopic (exact) mass is 412 g/mol. The van der Waals surface area contributed by atoms with Crippen LogP contribution in [-0.2, 0) is 4.74 Å². The number of esters is 1. The summed E-state index contributed by atoms with van der Waals surface area (Å²) in [6.45, 7) is 1.99. The van der Waals surface area contributed by atoms with E-state index < -0.39 is 5.97 Å². The van der Waals surface area contributed by atoms with Gasteiger partial charge in [-0.1, -0.05) is 39.8 Å². The highest BCUT2D eigenvalue weighted by molar-refractivity contribution is 9.10. The Labute approximate surface area is 149 Å². The van der Waals surface area contributed by atoms with Gasteiger partial charge in [-0.3, -0.25) is 4.79 Å². The molecule has 0 radical (unpaired) electrons. The third-order valence-corrected chi connectivity index (χ3v) is 6.35. The number of rotatable bonds is 3. The van der Waals surface area contributed by atoms with Crippen molar-refractivity contribution in [3.05, 3.63) is 44.7 Å². The number of nitrogens with two attached hydrogens (primary N) is 1. The molecule has 23 heavy (non-hydrogen) atoms. The van der Waals surface area contributed by atoms with Gasteiger partial charge in [-0.2, -0.15) is 0 Å². The van der Waals surface area contributed by atoms with Crippen LogP contribution in [0.4, 0.5) is 5.69 Å². The highest BCUT2D eigenvalue weighted by Gasteiger charge is 2.33. The number of halogens is 1. The first-order valence-electron chi connectivity index (χ1n) is 6.83. The molecule has 8 heteroatoms. The molecule has 0 saturated carbocycles. The SMILES string of the molecule is CCOC(=O)c1sc2c(c1N)C(=O)NC(c1ccc(Br)cc1)S2. The van der Waals surface area contributed by atoms with Crippen molar-refractivity contribution >= 4 is 56.6 Å². The Hall–Kier alpha value is -1.51. The highest BCUT2D eigenvalue weighted by Crippen LogP contribution is 2.47. The zero-order chi connectivity index (χ0) is 16.6. The highest BCUT2D eigenvalue weighted by atomic mass is 79.9. The average Bonchev–Trinajstić information content (AvgIpc) is 2.86. The fourth-order valence-electron chi connectivity index (χ4n) is 2.19. The number of thiophene rings is 1. The maximum atomic E-state index is 12.4. The van der Waals surface area contributed by atoms with E-state index in [4.69, 9.17) is 10.5 Å². The lowest BCUT2D eigenvalue weighted by Gasteiger charge is -2.23. The summed E-state index contributed by atoms with van der Waals surface area (Å²) in [7, 11) is 0. The lowest BCUT2D eigenvalue weighted by molar-refractivity contribution is 0.0533. The minimum absolute atomic E-state index is 0.197. The number of hydrogen-bond donors (Lipinski definition) is 2. The largest absolute Gasteiger partial charge is 0.462 e. The molecule has 0 saturated heterocycles. The van der Waals surface area contributed by atoms with Gasteiger partial charge in [0.2, 0.25) is 0 Å². The molecule has 0 aliphatic carbocycles. The van der Waals surface area contributed by atoms with E-state index in [1.54, 1.807) is 6.92 Å². The molecule has 120 valence electrons. The summed E-state index contributed by atoms with van der Waals surface area (Å²) < 4.78 is 6.70. The minimum atomic E-state index is -0.488. The number of ether oxygens (including phenoxy) is 1. The Bertz CT molecular complexity index is 774. The Morgan fingerprint density at radius 2 is 2.09 bits per heavy atom. The standard InChI is InChI=1S/C15H13BrN2O3S2/c1-2-21-14(20)11-10(17)9-12(19)18-13(23-15(9)22-11)7-3-5-8(16)6-4-7/h3-6,13H,2,17H2,1H3,(H,18,19). The van der Waals surface area contributed by atoms with Crippen LogP contribution in [0.3, 0.4) is 0 Å². The first-order chi connectivity index (χ1) is 11.0. The number of thioether (sulfide) groups is 1. The number of nitrogens with one attached hydrogen (secondary N) is 1. The van der Waals surface area contributed by atoms with Gasteiger partial charge in [-0.25, -0.2) is 4.79 Å². The Kier molecular flexibility index (Phi) is 4.65. The van der Waals surface area contributed by atoms with E-state index in [-0.39, 0.29) is 28.5 Å². The van der Waals surface area contributed by atoms with Crippen molar-refractivity contribution in [2.24, 2.45) is 0 Å². The minimum Gasteiger partial charge on any atom is -0.462 e. The molecular weight excluding hydrogens is 400 g/mol. The number of hydrogen-bond acceptors (Lipinski definition) is 6. The predicted octanol–water partition coefficient (Wildman–Crippen LogP) is 3.80. The molecule has 1 aromatic carbocycles. The van der Waals surface area contributed by atoms with Gasteiger partial charge < -0.3 is 15.8 Å². The first-order valence-corrected chi connectivity index (χ1v) is 9.32. The number of anilines is 1. The van der Waals surface area contributed by atoms with Gasteiger partial charge in [0.15, 0.2) is 0 Å². The third kappa shape index (κ3) is 3.11. The molecule has 0 fully saturated rings. The summed E-state index contributed by atoms with van der Waals surface area (Å²) in [5.41, 5.74) is 7.52. The van der Waals surface area contributed by atoms with Crippen molar-refractivity contribution in [3.8, 4) is 0 Å². The van der Waals surface area contributed by atoms with Gasteiger partial charge in [-0.15, -0.1) is 11.3 Å². The van der Waals surface area contributed by atoms with Crippen LogP contribution in [0.15, 0.2) is 32.9 Å². The molecule has 1 atom stereocenters. The number of amides is 1. The molecule has 5 nitrogen and oxygen atoms in total. The van der Waals surface area contributed by atoms with Gasteiger partial charge in [0.05, 0.1) is 22.1 Å². The Morgan fingerprint density at radius 3 is 2.74 bits per heavy atom. The first kappa shape index (κ1) is 16.4. The lowest BCUT2D eigenvalue weighted by atomic mass is 10.2. The smallest absolute Gasteiger partial charge is 0.350 e. The van der Waals surface area contributed by atoms with Gasteiger partial charge >= 0.3 is 5.97 Å². The average molecular weight is 413 g/mol. The second kappa shape index (κ2) is 6.54. The molecule has 1 amide bonds. The molecule has 3 rings (SSSR count). The van der Waals surface area contributed by atoms with E-state index >= 15 is 0 Å². The number of carbonyl (C=O) groups is 2. The number of carbonyl (C=O) groups excluding carboxylic acids is 2. The summed E-state index contributed by atoms with van der Waals surface area (Å²) in [6.07, 6.45) is 0. The van der Waals surface area contributed by atoms with Crippen LogP contribution in [0.1, 0.15) is 37.9 Å². The normalized spacial score (nSPS) is 16.6. The Morgan fingerprint density at radius 1 is 1.39 bits per heavy atom. The van der Waals surface area contributed by atoms with Crippen LogP contribution in [-0.4, -0.2) is 18.5 Å². The second-order valence-electron chi connectivity index (χ2n) is 4.75. The molecule has 3 N–H and O–H groups in total. The molecule has 2 aromatic rings. The summed E-state index contributed by atoms with van der Waals surface area (Å²) in [5.74, 6) is -0.756. The van der Waals surface area contributed by atoms with Gasteiger partial charge in [0.25, 0.3) is 5.91 Å². The molecule has 0 bridgehead atoms. The lowest BCUT2D eigenvalue weighted by Crippen LogP contribution is -2.30. The zero-order valence-corrected chi connectivity index (χ0v) is 15.3. The molecule has 1 aliphatic rings. The van der Waals surface area contributed by atoms with Crippen molar-refractivity contribution in [3.63, 3.8) is 0 Å². The van der Waals surface area contributed by atoms with Crippen molar-refractivity contribution in [2.75, 3.05) is 12.3 Å². The van der Waals surface area contributed by atoms with Crippen molar-refractivity contribution in [1.82, 2.24) is 5.32 Å². The molecule has 1 unspecified atom stereocenters. The summed E-state index contributed by atoms with van der Waals surface area (Å²) >= 11 is 6.07. The Balaban J connectivity index is 1.94. The van der Waals surface area contributed by atoms with E-state index in [2.05, 4.69) is 21.2 Å². The van der Waals surface area contributed by atoms with E-state index in [9.17, 15) is 9.59 Å². The summed E-state index contributed by atoms with van der Waals surface area (Å²) in [4.78, 5) is 24.6. The van der Waals surface area contributed by atoms with Crippen LogP contribution in [0.2, 0.25) is 0 Å². The van der Waals surface area contributed by atoms with E-state index in [1.165, 1.54) is 23.1 Å². The van der Waals surface area contributed by atoms with E-state index in [1.807, 2.05) is 24.3 Å². The van der Waals surface area contributed by atoms with Crippen LogP contribution in [0.25, 0.3) is 0 Å². The van der Waals surface area contributed by atoms with Crippen molar-refractivity contribution in [2.45, 2.75) is 16.5 Å². The quantitative estimate of drug-likeness (QED) is 0.749. The van der Waals surface area contributed by atoms with Crippen LogP contribution >= 0.6 is 39.0 Å². The van der Waals surface area contributed by atoms with Gasteiger partial charge in [-0.05, 0) is 24.6 Å². The second-order valence-corrected chi connectivity index (χ2v) is 8.06. The number of fused-ring (bicyclic) bond motifs is 1. The molecule has 2 heterocycles. The zero-order valence-electron chi connectivity index (χ0n) is 12.1. The van der Waals surface area contributed by atoms with Gasteiger partial charge in [0.1, 0.15) is 10.3 Å². The molecule has 1 aliphatic heterocycles. The maximum absolute atomic E-state index is 12.4. The number of nitrogen functional groups attached to an aromatic ring is 1. The maximum Gasteiger partial charge on any atom is 0.350 e. The molecular formula is C15H13BrN2O3S2. The van der Waals surface area contributed by atoms with E-state index in [0.29, 0.717) is 5.56 Å². The van der Waals surface area contributed by atoms with Crippen molar-refractivity contribution < 1.29 is 14.3 Å². The molecule has 0 spiro atoms. The van der Waals surface area contributed by atoms with Gasteiger partial charge in [0, 0.05) is 4.47 Å². The van der Waals surface area contributed by atoms with E-state index in [0.717, 1.165) is 14.2 Å². The van der Waals surface area contributed by atoms with Crippen LogP contribution in [0.5, 0.6) is 0 Å². The van der Waals surface area contributed by atoms with Crippen LogP contribution in [0, 0.1) is 0 Å².